The molecule has 1 unspecified atom stereocenters. The Morgan fingerprint density at radius 2 is 2.23 bits per heavy atom. The van der Waals surface area contributed by atoms with Crippen LogP contribution in [0.1, 0.15) is 51.4 Å². The van der Waals surface area contributed by atoms with Crippen LogP contribution in [0.25, 0.3) is 0 Å². The van der Waals surface area contributed by atoms with Gasteiger partial charge in [0.15, 0.2) is 0 Å². The molecule has 3 nitrogen and oxygen atoms in total. The molecule has 1 aromatic rings. The zero-order valence-electron chi connectivity index (χ0n) is 8.70. The van der Waals surface area contributed by atoms with E-state index in [1.165, 1.54) is 12.8 Å². The van der Waals surface area contributed by atoms with E-state index in [2.05, 4.69) is 23.4 Å². The quantitative estimate of drug-likeness (QED) is 0.774. The van der Waals surface area contributed by atoms with Crippen molar-refractivity contribution in [2.45, 2.75) is 45.7 Å². The van der Waals surface area contributed by atoms with Crippen molar-refractivity contribution in [2.75, 3.05) is 0 Å². The van der Waals surface area contributed by atoms with Gasteiger partial charge >= 0.3 is 0 Å². The van der Waals surface area contributed by atoms with Gasteiger partial charge in [0, 0.05) is 18.3 Å². The van der Waals surface area contributed by atoms with Gasteiger partial charge in [-0.2, -0.15) is 0 Å². The highest BCUT2D eigenvalue weighted by atomic mass is 15.1. The monoisotopic (exact) mass is 181 g/mol. The summed E-state index contributed by atoms with van der Waals surface area (Å²) in [7, 11) is 0. The summed E-state index contributed by atoms with van der Waals surface area (Å²) in [5, 5.41) is 0. The maximum Gasteiger partial charge on any atom is 0.0951 e. The third kappa shape index (κ3) is 2.31. The Morgan fingerprint density at radius 1 is 1.54 bits per heavy atom. The van der Waals surface area contributed by atoms with Crippen LogP contribution in [0.5, 0.6) is 0 Å². The van der Waals surface area contributed by atoms with Crippen molar-refractivity contribution in [2.24, 2.45) is 5.73 Å². The maximum atomic E-state index is 5.83. The molecule has 2 N–H and O–H groups in total. The lowest BCUT2D eigenvalue weighted by atomic mass is 10.1. The van der Waals surface area contributed by atoms with Crippen molar-refractivity contribution in [3.8, 4) is 0 Å². The first-order valence-electron chi connectivity index (χ1n) is 4.94. The molecule has 0 saturated carbocycles. The van der Waals surface area contributed by atoms with Crippen LogP contribution in [-0.2, 0) is 0 Å². The second kappa shape index (κ2) is 4.42. The molecule has 1 heterocycles. The highest BCUT2D eigenvalue weighted by Crippen LogP contribution is 2.18. The SMILES string of the molecule is CCCC(C)n1cncc1[C@H](C)N. The summed E-state index contributed by atoms with van der Waals surface area (Å²) in [4.78, 5) is 4.13. The fraction of sp³-hybridized carbons (Fsp3) is 0.700. The van der Waals surface area contributed by atoms with Gasteiger partial charge in [-0.1, -0.05) is 13.3 Å². The number of aromatic nitrogens is 2. The Morgan fingerprint density at radius 3 is 2.77 bits per heavy atom. The first-order valence-corrected chi connectivity index (χ1v) is 4.94. The summed E-state index contributed by atoms with van der Waals surface area (Å²) < 4.78 is 2.17. The average molecular weight is 181 g/mol. The minimum atomic E-state index is 0.0711. The molecule has 1 rings (SSSR count). The third-order valence-corrected chi connectivity index (χ3v) is 2.34. The smallest absolute Gasteiger partial charge is 0.0951 e. The van der Waals surface area contributed by atoms with E-state index in [4.69, 9.17) is 5.73 Å². The van der Waals surface area contributed by atoms with E-state index in [0.29, 0.717) is 6.04 Å². The number of nitrogens with two attached hydrogens (primary N) is 1. The number of nitrogens with zero attached hydrogens (tertiary/aromatic N) is 2. The lowest BCUT2D eigenvalue weighted by Crippen LogP contribution is -2.14. The minimum Gasteiger partial charge on any atom is -0.330 e. The van der Waals surface area contributed by atoms with Crippen molar-refractivity contribution in [3.05, 3.63) is 18.2 Å². The van der Waals surface area contributed by atoms with E-state index < -0.39 is 0 Å². The summed E-state index contributed by atoms with van der Waals surface area (Å²) in [6.07, 6.45) is 6.10. The molecule has 0 fully saturated rings. The van der Waals surface area contributed by atoms with Gasteiger partial charge < -0.3 is 10.3 Å². The lowest BCUT2D eigenvalue weighted by molar-refractivity contribution is 0.475. The molecule has 13 heavy (non-hydrogen) atoms. The van der Waals surface area contributed by atoms with Crippen molar-refractivity contribution in [1.29, 1.82) is 0 Å². The second-order valence-corrected chi connectivity index (χ2v) is 3.65. The summed E-state index contributed by atoms with van der Waals surface area (Å²) in [6.45, 7) is 6.39. The van der Waals surface area contributed by atoms with Gasteiger partial charge in [0.05, 0.1) is 12.0 Å². The Labute approximate surface area is 80.0 Å². The van der Waals surface area contributed by atoms with Crippen LogP contribution in [0, 0.1) is 0 Å². The van der Waals surface area contributed by atoms with Gasteiger partial charge in [-0.05, 0) is 20.3 Å². The zero-order valence-corrected chi connectivity index (χ0v) is 8.70. The molecule has 0 amide bonds. The maximum absolute atomic E-state index is 5.83. The van der Waals surface area contributed by atoms with Crippen LogP contribution in [0.4, 0.5) is 0 Å². The topological polar surface area (TPSA) is 43.8 Å². The van der Waals surface area contributed by atoms with E-state index in [-0.39, 0.29) is 6.04 Å². The average Bonchev–Trinajstić information content (AvgIpc) is 2.52. The largest absolute Gasteiger partial charge is 0.330 e. The number of imidazole rings is 1. The Kier molecular flexibility index (Phi) is 3.48. The number of hydrogen-bond acceptors (Lipinski definition) is 2. The Hall–Kier alpha value is -0.830. The van der Waals surface area contributed by atoms with Crippen LogP contribution >= 0.6 is 0 Å². The minimum absolute atomic E-state index is 0.0711. The number of hydrogen-bond donors (Lipinski definition) is 1. The predicted octanol–water partition coefficient (Wildman–Crippen LogP) is 2.26. The Balaban J connectivity index is 2.80. The van der Waals surface area contributed by atoms with Gasteiger partial charge in [-0.25, -0.2) is 4.98 Å². The summed E-state index contributed by atoms with van der Waals surface area (Å²) in [5.74, 6) is 0. The van der Waals surface area contributed by atoms with E-state index in [0.717, 1.165) is 5.69 Å². The van der Waals surface area contributed by atoms with Gasteiger partial charge in [-0.15, -0.1) is 0 Å². The van der Waals surface area contributed by atoms with E-state index in [1.54, 1.807) is 0 Å². The molecule has 0 aromatic carbocycles. The molecule has 1 aromatic heterocycles. The molecule has 2 atom stereocenters. The van der Waals surface area contributed by atoms with Gasteiger partial charge in [0.1, 0.15) is 0 Å². The van der Waals surface area contributed by atoms with Crippen LogP contribution in [0.2, 0.25) is 0 Å². The Bertz CT molecular complexity index is 252. The second-order valence-electron chi connectivity index (χ2n) is 3.65. The fourth-order valence-electron chi connectivity index (χ4n) is 1.59. The third-order valence-electron chi connectivity index (χ3n) is 2.34. The molecule has 0 bridgehead atoms. The van der Waals surface area contributed by atoms with Crippen LogP contribution in [0.15, 0.2) is 12.5 Å². The first-order chi connectivity index (χ1) is 6.16. The fourth-order valence-corrected chi connectivity index (χ4v) is 1.59. The molecule has 0 spiro atoms. The van der Waals surface area contributed by atoms with Crippen molar-refractivity contribution in [3.63, 3.8) is 0 Å². The molecule has 0 radical (unpaired) electrons. The number of rotatable bonds is 4. The van der Waals surface area contributed by atoms with Crippen molar-refractivity contribution >= 4 is 0 Å². The summed E-state index contributed by atoms with van der Waals surface area (Å²) in [6, 6.07) is 0.579. The normalized spacial score (nSPS) is 15.7. The highest BCUT2D eigenvalue weighted by Gasteiger charge is 2.10. The molecule has 74 valence electrons. The van der Waals surface area contributed by atoms with Crippen molar-refractivity contribution in [1.82, 2.24) is 9.55 Å². The molecule has 0 saturated heterocycles. The molecule has 3 heteroatoms. The molecule has 0 aliphatic heterocycles. The zero-order chi connectivity index (χ0) is 9.84. The molecule has 0 aliphatic rings. The van der Waals surface area contributed by atoms with Crippen molar-refractivity contribution < 1.29 is 0 Å². The standard InChI is InChI=1S/C10H19N3/c1-4-5-8(2)13-7-12-6-10(13)9(3)11/h6-9H,4-5,11H2,1-3H3/t8?,9-/m0/s1. The molecular weight excluding hydrogens is 162 g/mol. The van der Waals surface area contributed by atoms with Gasteiger partial charge in [0.2, 0.25) is 0 Å². The van der Waals surface area contributed by atoms with Crippen LogP contribution < -0.4 is 5.73 Å². The highest BCUT2D eigenvalue weighted by molar-refractivity contribution is 5.04. The van der Waals surface area contributed by atoms with Crippen LogP contribution in [0.3, 0.4) is 0 Å². The van der Waals surface area contributed by atoms with Gasteiger partial charge in [0.25, 0.3) is 0 Å². The van der Waals surface area contributed by atoms with E-state index >= 15 is 0 Å². The molecular formula is C10H19N3. The van der Waals surface area contributed by atoms with E-state index in [1.807, 2.05) is 19.4 Å². The lowest BCUT2D eigenvalue weighted by Gasteiger charge is -2.17. The van der Waals surface area contributed by atoms with Crippen LogP contribution in [-0.4, -0.2) is 9.55 Å². The summed E-state index contributed by atoms with van der Waals surface area (Å²) in [5.41, 5.74) is 6.96. The molecule has 0 aliphatic carbocycles. The predicted molar refractivity (Wildman–Crippen MR) is 54.4 cm³/mol. The van der Waals surface area contributed by atoms with Gasteiger partial charge in [-0.3, -0.25) is 0 Å². The van der Waals surface area contributed by atoms with E-state index in [9.17, 15) is 0 Å². The first kappa shape index (κ1) is 10.3. The summed E-state index contributed by atoms with van der Waals surface area (Å²) >= 11 is 0.